The molecular formula is C23H29FN4O4S. The molecule has 2 aliphatic heterocycles. The first kappa shape index (κ1) is 23.4. The summed E-state index contributed by atoms with van der Waals surface area (Å²) in [5.41, 5.74) is 0.336. The normalized spacial score (nSPS) is 19.6. The van der Waals surface area contributed by atoms with E-state index in [0.717, 1.165) is 45.1 Å². The van der Waals surface area contributed by atoms with Crippen LogP contribution in [0.1, 0.15) is 41.6 Å². The van der Waals surface area contributed by atoms with Gasteiger partial charge in [0.15, 0.2) is 0 Å². The Morgan fingerprint density at radius 1 is 1.21 bits per heavy atom. The van der Waals surface area contributed by atoms with Gasteiger partial charge in [0.2, 0.25) is 0 Å². The third-order valence-electron chi connectivity index (χ3n) is 6.32. The third-order valence-corrected chi connectivity index (χ3v) is 7.85. The number of carbonyl (C=O) groups is 1. The fraction of sp³-hybridized carbons (Fsp3) is 0.478. The van der Waals surface area contributed by atoms with Crippen LogP contribution in [-0.4, -0.2) is 62.1 Å². The molecule has 1 atom stereocenters. The molecule has 4 rings (SSSR count). The van der Waals surface area contributed by atoms with Crippen molar-refractivity contribution < 1.29 is 22.7 Å². The Labute approximate surface area is 193 Å². The van der Waals surface area contributed by atoms with E-state index >= 15 is 0 Å². The number of anilines is 2. The highest BCUT2D eigenvalue weighted by molar-refractivity contribution is 7.92. The van der Waals surface area contributed by atoms with E-state index in [9.17, 15) is 22.7 Å². The lowest BCUT2D eigenvalue weighted by atomic mass is 9.97. The van der Waals surface area contributed by atoms with E-state index in [1.165, 1.54) is 37.2 Å². The Bertz CT molecular complexity index is 1140. The van der Waals surface area contributed by atoms with Gasteiger partial charge < -0.3 is 14.9 Å². The molecule has 178 valence electrons. The lowest BCUT2D eigenvalue weighted by Crippen LogP contribution is -2.41. The first-order chi connectivity index (χ1) is 15.7. The van der Waals surface area contributed by atoms with Crippen LogP contribution in [0.25, 0.3) is 0 Å². The number of aromatic carboxylic acids is 1. The van der Waals surface area contributed by atoms with Crippen LogP contribution in [0.15, 0.2) is 35.4 Å². The van der Waals surface area contributed by atoms with Crippen molar-refractivity contribution in [2.24, 2.45) is 5.92 Å². The number of pyridine rings is 1. The summed E-state index contributed by atoms with van der Waals surface area (Å²) in [5, 5.41) is 9.81. The summed E-state index contributed by atoms with van der Waals surface area (Å²) < 4.78 is 41.5. The number of hydrogen-bond donors (Lipinski definition) is 2. The van der Waals surface area contributed by atoms with E-state index in [0.29, 0.717) is 23.8 Å². The lowest BCUT2D eigenvalue weighted by Gasteiger charge is -2.36. The van der Waals surface area contributed by atoms with Gasteiger partial charge in [-0.2, -0.15) is 0 Å². The SMILES string of the molecule is Cc1ccc(F)cc1S(=O)(=O)Nc1cnc(N2CCC[C@H](CN3CCCC3)C2)c(C(=O)O)c1. The maximum atomic E-state index is 13.6. The minimum atomic E-state index is -4.11. The molecule has 2 saturated heterocycles. The molecule has 8 nitrogen and oxygen atoms in total. The zero-order valence-corrected chi connectivity index (χ0v) is 19.4. The fourth-order valence-corrected chi connectivity index (χ4v) is 6.02. The number of nitrogens with one attached hydrogen (secondary N) is 1. The molecule has 0 amide bonds. The highest BCUT2D eigenvalue weighted by Crippen LogP contribution is 2.29. The van der Waals surface area contributed by atoms with Crippen LogP contribution in [0, 0.1) is 18.7 Å². The van der Waals surface area contributed by atoms with Crippen molar-refractivity contribution in [3.63, 3.8) is 0 Å². The highest BCUT2D eigenvalue weighted by Gasteiger charge is 2.27. The number of aryl methyl sites for hydroxylation is 1. The van der Waals surface area contributed by atoms with Gasteiger partial charge in [0.25, 0.3) is 10.0 Å². The van der Waals surface area contributed by atoms with E-state index in [-0.39, 0.29) is 16.1 Å². The molecule has 0 unspecified atom stereocenters. The summed E-state index contributed by atoms with van der Waals surface area (Å²) in [7, 11) is -4.11. The smallest absolute Gasteiger partial charge is 0.339 e. The Morgan fingerprint density at radius 2 is 1.97 bits per heavy atom. The molecule has 2 fully saturated rings. The standard InChI is InChI=1S/C23H29FN4O4S/c1-16-6-7-18(24)11-21(16)33(31,32)26-19-12-20(23(29)30)22(25-13-19)28-10-4-5-17(15-28)14-27-8-2-3-9-27/h6-7,11-13,17,26H,2-5,8-10,14-15H2,1H3,(H,29,30)/t17-/m1/s1. The van der Waals surface area contributed by atoms with E-state index < -0.39 is 21.8 Å². The van der Waals surface area contributed by atoms with Crippen molar-refractivity contribution in [1.82, 2.24) is 9.88 Å². The van der Waals surface area contributed by atoms with Crippen molar-refractivity contribution in [3.05, 3.63) is 47.4 Å². The molecule has 0 aliphatic carbocycles. The van der Waals surface area contributed by atoms with Gasteiger partial charge in [-0.3, -0.25) is 4.72 Å². The van der Waals surface area contributed by atoms with Crippen molar-refractivity contribution in [2.45, 2.75) is 37.5 Å². The number of sulfonamides is 1. The average Bonchev–Trinajstić information content (AvgIpc) is 3.28. The molecule has 1 aromatic heterocycles. The van der Waals surface area contributed by atoms with Crippen LogP contribution >= 0.6 is 0 Å². The maximum Gasteiger partial charge on any atom is 0.339 e. The molecule has 2 aromatic rings. The number of likely N-dealkylation sites (tertiary alicyclic amines) is 1. The van der Waals surface area contributed by atoms with Crippen molar-refractivity contribution >= 4 is 27.5 Å². The Kier molecular flexibility index (Phi) is 6.85. The van der Waals surface area contributed by atoms with Crippen molar-refractivity contribution in [2.75, 3.05) is 42.3 Å². The van der Waals surface area contributed by atoms with E-state index in [4.69, 9.17) is 0 Å². The minimum absolute atomic E-state index is 0.0189. The predicted octanol–water partition coefficient (Wildman–Crippen LogP) is 3.34. The largest absolute Gasteiger partial charge is 0.478 e. The summed E-state index contributed by atoms with van der Waals surface area (Å²) in [6.45, 7) is 6.23. The Balaban J connectivity index is 1.55. The van der Waals surface area contributed by atoms with Crippen molar-refractivity contribution in [3.8, 4) is 0 Å². The summed E-state index contributed by atoms with van der Waals surface area (Å²) in [5.74, 6) is -1.07. The number of benzene rings is 1. The van der Waals surface area contributed by atoms with Gasteiger partial charge in [-0.15, -0.1) is 0 Å². The van der Waals surface area contributed by atoms with Gasteiger partial charge in [-0.25, -0.2) is 22.6 Å². The third kappa shape index (κ3) is 5.44. The topological polar surface area (TPSA) is 103 Å². The van der Waals surface area contributed by atoms with Crippen molar-refractivity contribution in [1.29, 1.82) is 0 Å². The second kappa shape index (κ2) is 9.64. The van der Waals surface area contributed by atoms with Gasteiger partial charge in [-0.05, 0) is 75.4 Å². The molecule has 3 heterocycles. The second-order valence-electron chi connectivity index (χ2n) is 8.88. The molecule has 33 heavy (non-hydrogen) atoms. The number of hydrogen-bond acceptors (Lipinski definition) is 6. The number of rotatable bonds is 7. The summed E-state index contributed by atoms with van der Waals surface area (Å²) in [6, 6.07) is 4.78. The molecule has 0 spiro atoms. The van der Waals surface area contributed by atoms with Crippen LogP contribution in [0.4, 0.5) is 15.9 Å². The molecule has 0 bridgehead atoms. The first-order valence-corrected chi connectivity index (χ1v) is 12.7. The molecule has 10 heteroatoms. The monoisotopic (exact) mass is 476 g/mol. The van der Waals surface area contributed by atoms with Crippen LogP contribution < -0.4 is 9.62 Å². The van der Waals surface area contributed by atoms with Gasteiger partial charge in [0.1, 0.15) is 17.2 Å². The van der Waals surface area contributed by atoms with Gasteiger partial charge in [0.05, 0.1) is 16.8 Å². The lowest BCUT2D eigenvalue weighted by molar-refractivity contribution is 0.0697. The predicted molar refractivity (Wildman–Crippen MR) is 124 cm³/mol. The Morgan fingerprint density at radius 3 is 2.70 bits per heavy atom. The number of carboxylic acids is 1. The fourth-order valence-electron chi connectivity index (χ4n) is 4.73. The molecule has 2 aliphatic rings. The average molecular weight is 477 g/mol. The number of aromatic nitrogens is 1. The molecule has 1 aromatic carbocycles. The Hall–Kier alpha value is -2.72. The minimum Gasteiger partial charge on any atom is -0.478 e. The number of halogens is 1. The van der Waals surface area contributed by atoms with E-state index in [2.05, 4.69) is 14.6 Å². The molecule has 0 radical (unpaired) electrons. The van der Waals surface area contributed by atoms with Crippen LogP contribution in [0.2, 0.25) is 0 Å². The van der Waals surface area contributed by atoms with E-state index in [1.54, 1.807) is 6.92 Å². The number of carboxylic acid groups (broad SMARTS) is 1. The van der Waals surface area contributed by atoms with Crippen LogP contribution in [0.3, 0.4) is 0 Å². The zero-order chi connectivity index (χ0) is 23.6. The summed E-state index contributed by atoms with van der Waals surface area (Å²) in [4.78, 5) is 20.6. The van der Waals surface area contributed by atoms with Crippen LogP contribution in [-0.2, 0) is 10.0 Å². The van der Waals surface area contributed by atoms with Crippen LogP contribution in [0.5, 0.6) is 0 Å². The van der Waals surface area contributed by atoms with Gasteiger partial charge in [0, 0.05) is 19.6 Å². The summed E-state index contributed by atoms with van der Waals surface area (Å²) >= 11 is 0. The molecule has 0 saturated carbocycles. The van der Waals surface area contributed by atoms with Gasteiger partial charge >= 0.3 is 5.97 Å². The molecular weight excluding hydrogens is 447 g/mol. The zero-order valence-electron chi connectivity index (χ0n) is 18.6. The van der Waals surface area contributed by atoms with Gasteiger partial charge in [-0.1, -0.05) is 6.07 Å². The highest BCUT2D eigenvalue weighted by atomic mass is 32.2. The second-order valence-corrected chi connectivity index (χ2v) is 10.5. The van der Waals surface area contributed by atoms with E-state index in [1.807, 2.05) is 4.90 Å². The number of nitrogens with zero attached hydrogens (tertiary/aromatic N) is 3. The maximum absolute atomic E-state index is 13.6. The quantitative estimate of drug-likeness (QED) is 0.632. The molecule has 2 N–H and O–H groups in total. The summed E-state index contributed by atoms with van der Waals surface area (Å²) in [6.07, 6.45) is 5.83. The number of piperidine rings is 1. The first-order valence-electron chi connectivity index (χ1n) is 11.2.